The number of rotatable bonds is 4. The Morgan fingerprint density at radius 3 is 2.40 bits per heavy atom. The molecule has 1 aliphatic heterocycles. The second-order valence-corrected chi connectivity index (χ2v) is 6.12. The maximum absolute atomic E-state index is 12.3. The summed E-state index contributed by atoms with van der Waals surface area (Å²) in [4.78, 5) is 16.9. The fourth-order valence-electron chi connectivity index (χ4n) is 2.86. The summed E-state index contributed by atoms with van der Waals surface area (Å²) in [5.74, 6) is 0.640. The molecular weight excluding hydrogens is 316 g/mol. The summed E-state index contributed by atoms with van der Waals surface area (Å²) < 4.78 is 5.39. The number of hydrogen-bond acceptors (Lipinski definition) is 4. The summed E-state index contributed by atoms with van der Waals surface area (Å²) in [6, 6.07) is 15.0. The number of nitrogens with zero attached hydrogens (tertiary/aromatic N) is 2. The number of methoxy groups -OCH3 is 1. The van der Waals surface area contributed by atoms with E-state index in [4.69, 9.17) is 4.74 Å². The molecular formula is C19H24N4O2. The molecule has 0 unspecified atom stereocenters. The van der Waals surface area contributed by atoms with Crippen LogP contribution in [0.2, 0.25) is 0 Å². The number of anilines is 3. The van der Waals surface area contributed by atoms with E-state index in [9.17, 15) is 4.79 Å². The topological polar surface area (TPSA) is 56.8 Å². The van der Waals surface area contributed by atoms with Crippen molar-refractivity contribution >= 4 is 23.1 Å². The van der Waals surface area contributed by atoms with E-state index in [0.29, 0.717) is 11.4 Å². The average Bonchev–Trinajstić information content (AvgIpc) is 2.63. The maximum atomic E-state index is 12.3. The lowest BCUT2D eigenvalue weighted by atomic mass is 10.2. The van der Waals surface area contributed by atoms with Crippen molar-refractivity contribution < 1.29 is 9.53 Å². The zero-order chi connectivity index (χ0) is 17.6. The van der Waals surface area contributed by atoms with Gasteiger partial charge in [-0.25, -0.2) is 4.79 Å². The van der Waals surface area contributed by atoms with Crippen molar-refractivity contribution in [1.29, 1.82) is 0 Å². The van der Waals surface area contributed by atoms with Crippen molar-refractivity contribution in [3.05, 3.63) is 48.5 Å². The molecule has 0 bridgehead atoms. The quantitative estimate of drug-likeness (QED) is 0.898. The highest BCUT2D eigenvalue weighted by Crippen LogP contribution is 2.30. The number of nitrogens with one attached hydrogen (secondary N) is 2. The van der Waals surface area contributed by atoms with Gasteiger partial charge in [0.05, 0.1) is 12.8 Å². The number of carbonyl (C=O) groups is 1. The Kier molecular flexibility index (Phi) is 5.40. The minimum absolute atomic E-state index is 0.292. The number of para-hydroxylation sites is 1. The monoisotopic (exact) mass is 340 g/mol. The maximum Gasteiger partial charge on any atom is 0.323 e. The lowest BCUT2D eigenvalue weighted by Gasteiger charge is -2.34. The molecule has 1 saturated heterocycles. The number of likely N-dealkylation sites (N-methyl/N-ethyl adjacent to an activating group) is 1. The van der Waals surface area contributed by atoms with E-state index in [-0.39, 0.29) is 6.03 Å². The summed E-state index contributed by atoms with van der Waals surface area (Å²) in [7, 11) is 3.73. The van der Waals surface area contributed by atoms with Gasteiger partial charge in [0.25, 0.3) is 0 Å². The lowest BCUT2D eigenvalue weighted by Crippen LogP contribution is -2.44. The van der Waals surface area contributed by atoms with Crippen LogP contribution in [-0.2, 0) is 0 Å². The largest absolute Gasteiger partial charge is 0.495 e. The predicted octanol–water partition coefficient (Wildman–Crippen LogP) is 3.09. The molecule has 0 aromatic heterocycles. The number of carbonyl (C=O) groups excluding carboxylic acids is 1. The third-order valence-corrected chi connectivity index (χ3v) is 4.33. The van der Waals surface area contributed by atoms with Crippen LogP contribution in [0.15, 0.2) is 48.5 Å². The predicted molar refractivity (Wildman–Crippen MR) is 102 cm³/mol. The van der Waals surface area contributed by atoms with Crippen molar-refractivity contribution in [2.75, 3.05) is 55.9 Å². The molecule has 0 aliphatic carbocycles. The van der Waals surface area contributed by atoms with Crippen LogP contribution in [0, 0.1) is 0 Å². The van der Waals surface area contributed by atoms with E-state index >= 15 is 0 Å². The summed E-state index contributed by atoms with van der Waals surface area (Å²) >= 11 is 0. The van der Waals surface area contributed by atoms with Gasteiger partial charge in [-0.1, -0.05) is 18.2 Å². The molecule has 0 spiro atoms. The summed E-state index contributed by atoms with van der Waals surface area (Å²) in [5, 5.41) is 5.71. The zero-order valence-corrected chi connectivity index (χ0v) is 14.7. The molecule has 0 atom stereocenters. The summed E-state index contributed by atoms with van der Waals surface area (Å²) in [6.07, 6.45) is 0. The first-order valence-corrected chi connectivity index (χ1v) is 8.40. The van der Waals surface area contributed by atoms with Gasteiger partial charge in [-0.2, -0.15) is 0 Å². The molecule has 1 aliphatic rings. The van der Waals surface area contributed by atoms with Crippen LogP contribution in [0.5, 0.6) is 5.75 Å². The van der Waals surface area contributed by atoms with Crippen LogP contribution < -0.4 is 20.3 Å². The van der Waals surface area contributed by atoms with Gasteiger partial charge in [0, 0.05) is 37.6 Å². The minimum Gasteiger partial charge on any atom is -0.495 e. The average molecular weight is 340 g/mol. The standard InChI is InChI=1S/C19H24N4O2/c1-22-10-12-23(13-11-22)16-8-9-18(25-2)17(14-16)21-19(24)20-15-6-4-3-5-7-15/h3-9,14H,10-13H2,1-2H3,(H2,20,21,24). The fraction of sp³-hybridized carbons (Fsp3) is 0.316. The fourth-order valence-corrected chi connectivity index (χ4v) is 2.86. The highest BCUT2D eigenvalue weighted by molar-refractivity contribution is 6.01. The SMILES string of the molecule is COc1ccc(N2CCN(C)CC2)cc1NC(=O)Nc1ccccc1. The van der Waals surface area contributed by atoms with Gasteiger partial charge in [-0.3, -0.25) is 0 Å². The minimum atomic E-state index is -0.292. The highest BCUT2D eigenvalue weighted by atomic mass is 16.5. The smallest absolute Gasteiger partial charge is 0.323 e. The molecule has 2 N–H and O–H groups in total. The molecule has 3 rings (SSSR count). The number of benzene rings is 2. The highest BCUT2D eigenvalue weighted by Gasteiger charge is 2.16. The van der Waals surface area contributed by atoms with E-state index in [1.807, 2.05) is 48.5 Å². The van der Waals surface area contributed by atoms with Crippen LogP contribution in [0.4, 0.5) is 21.9 Å². The first-order chi connectivity index (χ1) is 12.2. The van der Waals surface area contributed by atoms with Gasteiger partial charge in [-0.05, 0) is 37.4 Å². The Hall–Kier alpha value is -2.73. The van der Waals surface area contributed by atoms with Crippen LogP contribution in [0.3, 0.4) is 0 Å². The number of ether oxygens (including phenoxy) is 1. The van der Waals surface area contributed by atoms with Crippen molar-refractivity contribution in [2.45, 2.75) is 0 Å². The van der Waals surface area contributed by atoms with Crippen molar-refractivity contribution in [2.24, 2.45) is 0 Å². The first kappa shape index (κ1) is 17.1. The second kappa shape index (κ2) is 7.90. The third-order valence-electron chi connectivity index (χ3n) is 4.33. The zero-order valence-electron chi connectivity index (χ0n) is 14.7. The summed E-state index contributed by atoms with van der Waals surface area (Å²) in [6.45, 7) is 4.00. The molecule has 0 saturated carbocycles. The lowest BCUT2D eigenvalue weighted by molar-refractivity contribution is 0.262. The van der Waals surface area contributed by atoms with Crippen molar-refractivity contribution in [3.8, 4) is 5.75 Å². The number of piperazine rings is 1. The number of hydrogen-bond donors (Lipinski definition) is 2. The molecule has 0 radical (unpaired) electrons. The van der Waals surface area contributed by atoms with Gasteiger partial charge in [0.2, 0.25) is 0 Å². The van der Waals surface area contributed by atoms with Gasteiger partial charge in [0.15, 0.2) is 0 Å². The van der Waals surface area contributed by atoms with Crippen LogP contribution in [0.1, 0.15) is 0 Å². The second-order valence-electron chi connectivity index (χ2n) is 6.12. The molecule has 6 nitrogen and oxygen atoms in total. The molecule has 1 fully saturated rings. The normalized spacial score (nSPS) is 14.9. The van der Waals surface area contributed by atoms with E-state index in [2.05, 4.69) is 27.5 Å². The van der Waals surface area contributed by atoms with E-state index in [1.54, 1.807) is 7.11 Å². The molecule has 2 amide bonds. The van der Waals surface area contributed by atoms with Crippen LogP contribution in [-0.4, -0.2) is 51.3 Å². The van der Waals surface area contributed by atoms with Gasteiger partial charge < -0.3 is 25.2 Å². The Labute approximate surface area is 148 Å². The Morgan fingerprint density at radius 2 is 1.72 bits per heavy atom. The summed E-state index contributed by atoms with van der Waals surface area (Å²) in [5.41, 5.74) is 2.49. The van der Waals surface area contributed by atoms with Crippen LogP contribution in [0.25, 0.3) is 0 Å². The molecule has 132 valence electrons. The molecule has 6 heteroatoms. The van der Waals surface area contributed by atoms with Crippen molar-refractivity contribution in [3.63, 3.8) is 0 Å². The Bertz CT molecular complexity index is 713. The molecule has 2 aromatic rings. The number of amides is 2. The Morgan fingerprint density at radius 1 is 1.00 bits per heavy atom. The van der Waals surface area contributed by atoms with Gasteiger partial charge >= 0.3 is 6.03 Å². The van der Waals surface area contributed by atoms with Gasteiger partial charge in [0.1, 0.15) is 5.75 Å². The molecule has 1 heterocycles. The molecule has 2 aromatic carbocycles. The van der Waals surface area contributed by atoms with Crippen molar-refractivity contribution in [1.82, 2.24) is 4.90 Å². The van der Waals surface area contributed by atoms with Crippen LogP contribution >= 0.6 is 0 Å². The van der Waals surface area contributed by atoms with E-state index in [1.165, 1.54) is 0 Å². The third kappa shape index (κ3) is 4.42. The number of urea groups is 1. The Balaban J connectivity index is 1.72. The van der Waals surface area contributed by atoms with E-state index < -0.39 is 0 Å². The van der Waals surface area contributed by atoms with Gasteiger partial charge in [-0.15, -0.1) is 0 Å². The van der Waals surface area contributed by atoms with E-state index in [0.717, 1.165) is 37.6 Å². The first-order valence-electron chi connectivity index (χ1n) is 8.40. The molecule has 25 heavy (non-hydrogen) atoms.